The molecule has 1 saturated carbocycles. The van der Waals surface area contributed by atoms with Crippen LogP contribution >= 0.6 is 0 Å². The Balaban J connectivity index is 1.82. The van der Waals surface area contributed by atoms with Crippen molar-refractivity contribution < 1.29 is 19.1 Å². The molecule has 26 heavy (non-hydrogen) atoms. The van der Waals surface area contributed by atoms with Gasteiger partial charge in [0.1, 0.15) is 11.9 Å². The minimum absolute atomic E-state index is 0.118. The second-order valence-corrected chi connectivity index (χ2v) is 7.15. The van der Waals surface area contributed by atoms with Gasteiger partial charge in [-0.05, 0) is 43.4 Å². The monoisotopic (exact) mass is 358 g/mol. The molecule has 1 saturated heterocycles. The Bertz CT molecular complexity index is 954. The van der Waals surface area contributed by atoms with Gasteiger partial charge in [-0.25, -0.2) is 9.18 Å². The highest BCUT2D eigenvalue weighted by molar-refractivity contribution is 6.07. The number of benzene rings is 1. The summed E-state index contributed by atoms with van der Waals surface area (Å²) in [6, 6.07) is 4.00. The molecule has 2 heterocycles. The fourth-order valence-corrected chi connectivity index (χ4v) is 4.52. The largest absolute Gasteiger partial charge is 0.480 e. The highest BCUT2D eigenvalue weighted by atomic mass is 19.1. The summed E-state index contributed by atoms with van der Waals surface area (Å²) in [5.41, 5.74) is -0.161. The number of aliphatic carboxylic acids is 1. The number of carboxylic acid groups (broad SMARTS) is 1. The average Bonchev–Trinajstić information content (AvgIpc) is 3.00. The number of hydrogen-bond donors (Lipinski definition) is 2. The number of hydrogen-bond acceptors (Lipinski definition) is 3. The number of carbonyl (C=O) groups excluding carboxylic acids is 1. The van der Waals surface area contributed by atoms with Crippen molar-refractivity contribution in [3.63, 3.8) is 0 Å². The second-order valence-electron chi connectivity index (χ2n) is 7.15. The maximum Gasteiger partial charge on any atom is 0.326 e. The lowest BCUT2D eigenvalue weighted by Gasteiger charge is -2.33. The molecule has 1 aliphatic heterocycles. The number of nitrogens with one attached hydrogen (secondary N) is 1. The van der Waals surface area contributed by atoms with Gasteiger partial charge in [-0.15, -0.1) is 0 Å². The molecule has 2 fully saturated rings. The third kappa shape index (κ3) is 2.67. The van der Waals surface area contributed by atoms with Crippen LogP contribution in [-0.4, -0.2) is 39.0 Å². The van der Waals surface area contributed by atoms with Crippen LogP contribution in [0.25, 0.3) is 10.9 Å². The number of fused-ring (bicyclic) bond motifs is 2. The van der Waals surface area contributed by atoms with E-state index in [0.29, 0.717) is 11.8 Å². The number of pyridine rings is 1. The number of likely N-dealkylation sites (tertiary alicyclic amines) is 1. The molecule has 0 unspecified atom stereocenters. The van der Waals surface area contributed by atoms with Crippen LogP contribution in [0, 0.1) is 11.7 Å². The summed E-state index contributed by atoms with van der Waals surface area (Å²) in [7, 11) is 0. The van der Waals surface area contributed by atoms with E-state index in [-0.39, 0.29) is 23.0 Å². The summed E-state index contributed by atoms with van der Waals surface area (Å²) >= 11 is 0. The molecule has 1 aromatic carbocycles. The zero-order valence-electron chi connectivity index (χ0n) is 14.1. The van der Waals surface area contributed by atoms with Crippen LogP contribution in [0.5, 0.6) is 0 Å². The predicted octanol–water partition coefficient (Wildman–Crippen LogP) is 2.53. The van der Waals surface area contributed by atoms with E-state index in [9.17, 15) is 23.9 Å². The SMILES string of the molecule is O=C(O)[C@@H]1C[C@@H]2CCCC[C@H]2N1C(=O)c1cc(=O)[nH]c2cc(F)ccc12. The maximum atomic E-state index is 13.5. The van der Waals surface area contributed by atoms with E-state index in [0.717, 1.165) is 31.7 Å². The molecule has 0 radical (unpaired) electrons. The van der Waals surface area contributed by atoms with Crippen molar-refractivity contribution in [2.45, 2.75) is 44.2 Å². The van der Waals surface area contributed by atoms with Crippen LogP contribution in [-0.2, 0) is 4.79 Å². The quantitative estimate of drug-likeness (QED) is 0.863. The van der Waals surface area contributed by atoms with Gasteiger partial charge in [0.25, 0.3) is 5.91 Å². The average molecular weight is 358 g/mol. The molecular formula is C19H19FN2O4. The zero-order chi connectivity index (χ0) is 18.4. The lowest BCUT2D eigenvalue weighted by atomic mass is 9.84. The highest BCUT2D eigenvalue weighted by Crippen LogP contribution is 2.40. The van der Waals surface area contributed by atoms with Crippen LogP contribution in [0.15, 0.2) is 29.1 Å². The van der Waals surface area contributed by atoms with Gasteiger partial charge < -0.3 is 15.0 Å². The van der Waals surface area contributed by atoms with E-state index >= 15 is 0 Å². The van der Waals surface area contributed by atoms with Gasteiger partial charge in [-0.3, -0.25) is 9.59 Å². The Morgan fingerprint density at radius 1 is 1.19 bits per heavy atom. The first-order valence-electron chi connectivity index (χ1n) is 8.84. The van der Waals surface area contributed by atoms with Crippen LogP contribution in [0.4, 0.5) is 4.39 Å². The molecule has 7 heteroatoms. The van der Waals surface area contributed by atoms with E-state index < -0.39 is 29.3 Å². The van der Waals surface area contributed by atoms with Crippen molar-refractivity contribution in [2.24, 2.45) is 5.92 Å². The molecule has 2 aliphatic rings. The summed E-state index contributed by atoms with van der Waals surface area (Å²) in [6.07, 6.45) is 4.14. The van der Waals surface area contributed by atoms with Gasteiger partial charge in [0.15, 0.2) is 0 Å². The molecule has 136 valence electrons. The fourth-order valence-electron chi connectivity index (χ4n) is 4.52. The molecular weight excluding hydrogens is 339 g/mol. The van der Waals surface area contributed by atoms with Crippen LogP contribution in [0.1, 0.15) is 42.5 Å². The Kier molecular flexibility index (Phi) is 4.01. The molecule has 3 atom stereocenters. The maximum absolute atomic E-state index is 13.5. The standard InChI is InChI=1S/C19H19FN2O4/c20-11-5-6-12-13(9-17(23)21-14(12)8-11)18(24)22-15-4-2-1-3-10(15)7-16(22)19(25)26/h5-6,8-10,15-16H,1-4,7H2,(H,21,23)(H,25,26)/t10-,15+,16-/m0/s1. The van der Waals surface area contributed by atoms with Crippen LogP contribution < -0.4 is 5.56 Å². The lowest BCUT2D eigenvalue weighted by Crippen LogP contribution is -2.46. The molecule has 0 spiro atoms. The Labute approximate surface area is 148 Å². The minimum Gasteiger partial charge on any atom is -0.480 e. The van der Waals surface area contributed by atoms with E-state index in [2.05, 4.69) is 4.98 Å². The van der Waals surface area contributed by atoms with E-state index in [1.165, 1.54) is 23.1 Å². The number of amides is 1. The summed E-state index contributed by atoms with van der Waals surface area (Å²) in [6.45, 7) is 0. The topological polar surface area (TPSA) is 90.5 Å². The smallest absolute Gasteiger partial charge is 0.326 e. The zero-order valence-corrected chi connectivity index (χ0v) is 14.1. The number of halogens is 1. The molecule has 1 aliphatic carbocycles. The number of rotatable bonds is 2. The van der Waals surface area contributed by atoms with Crippen molar-refractivity contribution in [3.05, 3.63) is 46.0 Å². The predicted molar refractivity (Wildman–Crippen MR) is 92.5 cm³/mol. The fraction of sp³-hybridized carbons (Fsp3) is 0.421. The van der Waals surface area contributed by atoms with Crippen molar-refractivity contribution in [2.75, 3.05) is 0 Å². The van der Waals surface area contributed by atoms with Crippen LogP contribution in [0.2, 0.25) is 0 Å². The number of aromatic amines is 1. The van der Waals surface area contributed by atoms with Crippen molar-refractivity contribution >= 4 is 22.8 Å². The van der Waals surface area contributed by atoms with Crippen molar-refractivity contribution in [1.29, 1.82) is 0 Å². The van der Waals surface area contributed by atoms with Crippen molar-refractivity contribution in [1.82, 2.24) is 9.88 Å². The summed E-state index contributed by atoms with van der Waals surface area (Å²) < 4.78 is 13.5. The van der Waals surface area contributed by atoms with E-state index in [4.69, 9.17) is 0 Å². The van der Waals surface area contributed by atoms with Gasteiger partial charge in [-0.2, -0.15) is 0 Å². The number of nitrogens with zero attached hydrogens (tertiary/aromatic N) is 1. The third-order valence-electron chi connectivity index (χ3n) is 5.64. The normalized spacial score (nSPS) is 25.3. The lowest BCUT2D eigenvalue weighted by molar-refractivity contribution is -0.141. The Hall–Kier alpha value is -2.70. The van der Waals surface area contributed by atoms with Gasteiger partial charge in [0.05, 0.1) is 11.1 Å². The molecule has 1 aromatic heterocycles. The number of carboxylic acids is 1. The summed E-state index contributed by atoms with van der Waals surface area (Å²) in [5, 5.41) is 10.0. The second kappa shape index (κ2) is 6.23. The first-order valence-corrected chi connectivity index (χ1v) is 8.84. The summed E-state index contributed by atoms with van der Waals surface area (Å²) in [5.74, 6) is -1.82. The first kappa shape index (κ1) is 16.8. The molecule has 1 amide bonds. The highest BCUT2D eigenvalue weighted by Gasteiger charge is 2.47. The number of H-pyrrole nitrogens is 1. The van der Waals surface area contributed by atoms with Gasteiger partial charge in [0.2, 0.25) is 5.56 Å². The third-order valence-corrected chi connectivity index (χ3v) is 5.64. The molecule has 6 nitrogen and oxygen atoms in total. The van der Waals surface area contributed by atoms with Gasteiger partial charge in [0, 0.05) is 17.5 Å². The minimum atomic E-state index is -1.02. The van der Waals surface area contributed by atoms with E-state index in [1.807, 2.05) is 0 Å². The van der Waals surface area contributed by atoms with Crippen LogP contribution in [0.3, 0.4) is 0 Å². The Morgan fingerprint density at radius 3 is 2.73 bits per heavy atom. The molecule has 4 rings (SSSR count). The van der Waals surface area contributed by atoms with Gasteiger partial charge >= 0.3 is 5.97 Å². The number of aromatic nitrogens is 1. The molecule has 2 aromatic rings. The summed E-state index contributed by atoms with van der Waals surface area (Å²) in [4.78, 5) is 41.0. The van der Waals surface area contributed by atoms with Gasteiger partial charge in [-0.1, -0.05) is 12.8 Å². The van der Waals surface area contributed by atoms with E-state index in [1.54, 1.807) is 0 Å². The molecule has 0 bridgehead atoms. The molecule has 2 N–H and O–H groups in total. The Morgan fingerprint density at radius 2 is 1.96 bits per heavy atom. The first-order chi connectivity index (χ1) is 12.5. The van der Waals surface area contributed by atoms with Crippen molar-refractivity contribution in [3.8, 4) is 0 Å². The number of carbonyl (C=O) groups is 2.